The minimum absolute atomic E-state index is 0.199. The molecule has 0 bridgehead atoms. The summed E-state index contributed by atoms with van der Waals surface area (Å²) in [6, 6.07) is 19.5. The lowest BCUT2D eigenvalue weighted by Crippen LogP contribution is -2.23. The van der Waals surface area contributed by atoms with Crippen molar-refractivity contribution in [3.8, 4) is 22.6 Å². The molecule has 0 unspecified atom stereocenters. The third-order valence-electron chi connectivity index (χ3n) is 4.74. The van der Waals surface area contributed by atoms with Crippen LogP contribution in [0.15, 0.2) is 71.5 Å². The highest BCUT2D eigenvalue weighted by atomic mass is 19.1. The fourth-order valence-corrected chi connectivity index (χ4v) is 3.13. The minimum atomic E-state index is -0.343. The van der Waals surface area contributed by atoms with E-state index >= 15 is 0 Å². The van der Waals surface area contributed by atoms with E-state index in [1.165, 1.54) is 15.4 Å². The molecule has 1 aromatic heterocycles. The first-order valence-electron chi connectivity index (χ1n) is 9.10. The maximum atomic E-state index is 14.3. The standard InChI is InChI=1S/C22H19FN4O2/c1-15-7-6-10-21(27-22(28)26(2)24-25-27)19(15)14-29-17-11-12-20(23)18(13-17)16-8-4-3-5-9-16/h3-13H,14H2,1-2H3. The number of aromatic nitrogens is 4. The van der Waals surface area contributed by atoms with Crippen molar-refractivity contribution in [2.45, 2.75) is 13.5 Å². The molecule has 146 valence electrons. The fraction of sp³-hybridized carbons (Fsp3) is 0.136. The maximum Gasteiger partial charge on any atom is 0.368 e. The van der Waals surface area contributed by atoms with Crippen molar-refractivity contribution in [1.82, 2.24) is 19.8 Å². The van der Waals surface area contributed by atoms with Crippen molar-refractivity contribution in [3.05, 3.63) is 94.2 Å². The van der Waals surface area contributed by atoms with E-state index in [4.69, 9.17) is 4.74 Å². The third-order valence-corrected chi connectivity index (χ3v) is 4.74. The molecule has 0 saturated carbocycles. The number of ether oxygens (including phenoxy) is 1. The predicted octanol–water partition coefficient (Wildman–Crippen LogP) is 3.66. The highest BCUT2D eigenvalue weighted by Crippen LogP contribution is 2.28. The molecule has 0 amide bonds. The molecule has 0 N–H and O–H groups in total. The van der Waals surface area contributed by atoms with Gasteiger partial charge >= 0.3 is 5.69 Å². The Bertz CT molecular complexity index is 1220. The van der Waals surface area contributed by atoms with Gasteiger partial charge in [-0.05, 0) is 52.7 Å². The molecule has 0 aliphatic heterocycles. The lowest BCUT2D eigenvalue weighted by Gasteiger charge is -2.14. The van der Waals surface area contributed by atoms with E-state index < -0.39 is 0 Å². The van der Waals surface area contributed by atoms with Crippen molar-refractivity contribution in [3.63, 3.8) is 0 Å². The molecule has 0 saturated heterocycles. The zero-order valence-electron chi connectivity index (χ0n) is 16.0. The van der Waals surface area contributed by atoms with Gasteiger partial charge in [-0.1, -0.05) is 42.5 Å². The zero-order valence-corrected chi connectivity index (χ0v) is 16.0. The van der Waals surface area contributed by atoms with Gasteiger partial charge in [0.2, 0.25) is 0 Å². The molecular formula is C22H19FN4O2. The Morgan fingerprint density at radius 1 is 1.00 bits per heavy atom. The molecular weight excluding hydrogens is 371 g/mol. The normalized spacial score (nSPS) is 10.9. The van der Waals surface area contributed by atoms with E-state index in [2.05, 4.69) is 10.4 Å². The molecule has 1 heterocycles. The van der Waals surface area contributed by atoms with Crippen LogP contribution in [0.3, 0.4) is 0 Å². The Morgan fingerprint density at radius 2 is 1.79 bits per heavy atom. The summed E-state index contributed by atoms with van der Waals surface area (Å²) in [4.78, 5) is 12.3. The number of halogens is 1. The van der Waals surface area contributed by atoms with Crippen LogP contribution in [0.4, 0.5) is 4.39 Å². The summed E-state index contributed by atoms with van der Waals surface area (Å²) in [5.74, 6) is 0.220. The predicted molar refractivity (Wildman–Crippen MR) is 108 cm³/mol. The lowest BCUT2D eigenvalue weighted by atomic mass is 10.0. The van der Waals surface area contributed by atoms with Gasteiger partial charge in [-0.15, -0.1) is 0 Å². The lowest BCUT2D eigenvalue weighted by molar-refractivity contribution is 0.304. The van der Waals surface area contributed by atoms with Gasteiger partial charge in [0.15, 0.2) is 0 Å². The van der Waals surface area contributed by atoms with Gasteiger partial charge in [0, 0.05) is 18.2 Å². The molecule has 3 aromatic carbocycles. The molecule has 7 heteroatoms. The number of tetrazole rings is 1. The SMILES string of the molecule is Cc1cccc(-n2nnn(C)c2=O)c1COc1ccc(F)c(-c2ccccc2)c1. The summed E-state index contributed by atoms with van der Waals surface area (Å²) in [6.45, 7) is 2.13. The Morgan fingerprint density at radius 3 is 2.52 bits per heavy atom. The van der Waals surface area contributed by atoms with Crippen LogP contribution < -0.4 is 10.4 Å². The fourth-order valence-electron chi connectivity index (χ4n) is 3.13. The topological polar surface area (TPSA) is 61.9 Å². The highest BCUT2D eigenvalue weighted by molar-refractivity contribution is 5.65. The van der Waals surface area contributed by atoms with Crippen LogP contribution in [-0.4, -0.2) is 19.8 Å². The first kappa shape index (κ1) is 18.6. The van der Waals surface area contributed by atoms with Crippen molar-refractivity contribution < 1.29 is 9.13 Å². The first-order chi connectivity index (χ1) is 14.0. The van der Waals surface area contributed by atoms with Crippen LogP contribution in [0.2, 0.25) is 0 Å². The number of rotatable bonds is 5. The largest absolute Gasteiger partial charge is 0.489 e. The molecule has 0 atom stereocenters. The van der Waals surface area contributed by atoms with Gasteiger partial charge < -0.3 is 4.74 Å². The Labute approximate surface area is 166 Å². The Balaban J connectivity index is 1.65. The van der Waals surface area contributed by atoms with E-state index in [1.807, 2.05) is 49.4 Å². The average molecular weight is 390 g/mol. The molecule has 0 aliphatic carbocycles. The molecule has 29 heavy (non-hydrogen) atoms. The summed E-state index contributed by atoms with van der Waals surface area (Å²) in [5, 5.41) is 7.69. The van der Waals surface area contributed by atoms with Crippen molar-refractivity contribution in [1.29, 1.82) is 0 Å². The van der Waals surface area contributed by atoms with E-state index in [-0.39, 0.29) is 18.1 Å². The summed E-state index contributed by atoms with van der Waals surface area (Å²) in [5.41, 5.74) is 3.26. The van der Waals surface area contributed by atoms with E-state index in [0.717, 1.165) is 16.7 Å². The second-order valence-corrected chi connectivity index (χ2v) is 6.67. The molecule has 6 nitrogen and oxygen atoms in total. The summed E-state index contributed by atoms with van der Waals surface area (Å²) < 4.78 is 22.7. The van der Waals surface area contributed by atoms with E-state index in [0.29, 0.717) is 17.0 Å². The molecule has 4 rings (SSSR count). The van der Waals surface area contributed by atoms with Gasteiger partial charge in [-0.3, -0.25) is 0 Å². The maximum absolute atomic E-state index is 14.3. The quantitative estimate of drug-likeness (QED) is 0.522. The molecule has 0 radical (unpaired) electrons. The number of nitrogens with zero attached hydrogens (tertiary/aromatic N) is 4. The van der Waals surface area contributed by atoms with Gasteiger partial charge in [0.05, 0.1) is 5.69 Å². The average Bonchev–Trinajstić information content (AvgIpc) is 3.07. The Kier molecular flexibility index (Phi) is 4.95. The smallest absolute Gasteiger partial charge is 0.368 e. The molecule has 0 fully saturated rings. The number of hydrogen-bond donors (Lipinski definition) is 0. The van der Waals surface area contributed by atoms with Crippen LogP contribution in [0.1, 0.15) is 11.1 Å². The number of hydrogen-bond acceptors (Lipinski definition) is 4. The van der Waals surface area contributed by atoms with Crippen LogP contribution in [0, 0.1) is 12.7 Å². The van der Waals surface area contributed by atoms with E-state index in [9.17, 15) is 9.18 Å². The van der Waals surface area contributed by atoms with Gasteiger partial charge in [-0.2, -0.15) is 9.36 Å². The van der Waals surface area contributed by atoms with Crippen LogP contribution in [0.25, 0.3) is 16.8 Å². The van der Waals surface area contributed by atoms with Crippen molar-refractivity contribution in [2.24, 2.45) is 7.05 Å². The summed E-state index contributed by atoms with van der Waals surface area (Å²) >= 11 is 0. The molecule has 0 aliphatic rings. The summed E-state index contributed by atoms with van der Waals surface area (Å²) in [7, 11) is 1.54. The van der Waals surface area contributed by atoms with E-state index in [1.54, 1.807) is 25.2 Å². The number of aryl methyl sites for hydroxylation is 2. The Hall–Kier alpha value is -3.74. The van der Waals surface area contributed by atoms with Gasteiger partial charge in [0.1, 0.15) is 18.2 Å². The monoisotopic (exact) mass is 390 g/mol. The summed E-state index contributed by atoms with van der Waals surface area (Å²) in [6.07, 6.45) is 0. The van der Waals surface area contributed by atoms with Crippen molar-refractivity contribution in [2.75, 3.05) is 0 Å². The minimum Gasteiger partial charge on any atom is -0.489 e. The number of benzene rings is 3. The molecule has 0 spiro atoms. The zero-order chi connectivity index (χ0) is 20.4. The van der Waals surface area contributed by atoms with Crippen LogP contribution in [-0.2, 0) is 13.7 Å². The van der Waals surface area contributed by atoms with Gasteiger partial charge in [-0.25, -0.2) is 9.18 Å². The highest BCUT2D eigenvalue weighted by Gasteiger charge is 2.14. The van der Waals surface area contributed by atoms with Gasteiger partial charge in [0.25, 0.3) is 0 Å². The van der Waals surface area contributed by atoms with Crippen molar-refractivity contribution >= 4 is 0 Å². The van der Waals surface area contributed by atoms with Crippen LogP contribution >= 0.6 is 0 Å². The first-order valence-corrected chi connectivity index (χ1v) is 9.10. The second-order valence-electron chi connectivity index (χ2n) is 6.67. The third kappa shape index (κ3) is 3.67. The van der Waals surface area contributed by atoms with Crippen LogP contribution in [0.5, 0.6) is 5.75 Å². The second kappa shape index (κ2) is 7.71. The molecule has 4 aromatic rings.